The van der Waals surface area contributed by atoms with E-state index in [2.05, 4.69) is 5.32 Å². The van der Waals surface area contributed by atoms with Crippen LogP contribution in [0, 0.1) is 17.8 Å². The zero-order valence-electron chi connectivity index (χ0n) is 10.4. The maximum atomic E-state index is 11.6. The highest BCUT2D eigenvalue weighted by atomic mass is 35.5. The van der Waals surface area contributed by atoms with E-state index in [1.807, 2.05) is 0 Å². The monoisotopic (exact) mass is 275 g/mol. The van der Waals surface area contributed by atoms with E-state index >= 15 is 0 Å². The average Bonchev–Trinajstić information content (AvgIpc) is 2.86. The fourth-order valence-corrected chi connectivity index (χ4v) is 3.30. The van der Waals surface area contributed by atoms with Gasteiger partial charge in [-0.3, -0.25) is 9.59 Å². The molecule has 2 bridgehead atoms. The fourth-order valence-electron chi connectivity index (χ4n) is 3.30. The molecule has 4 atom stereocenters. The molecule has 18 heavy (non-hydrogen) atoms. The Morgan fingerprint density at radius 3 is 2.50 bits per heavy atom. The number of rotatable bonds is 5. The average molecular weight is 276 g/mol. The van der Waals surface area contributed by atoms with E-state index in [1.54, 1.807) is 0 Å². The first kappa shape index (κ1) is 15.2. The summed E-state index contributed by atoms with van der Waals surface area (Å²) in [6.07, 6.45) is 5.14. The van der Waals surface area contributed by atoms with Gasteiger partial charge in [0.25, 0.3) is 0 Å². The number of amides is 2. The first-order chi connectivity index (χ1) is 8.06. The highest BCUT2D eigenvalue weighted by molar-refractivity contribution is 5.87. The van der Waals surface area contributed by atoms with Crippen LogP contribution >= 0.6 is 12.4 Å². The summed E-state index contributed by atoms with van der Waals surface area (Å²) in [4.78, 5) is 22.2. The summed E-state index contributed by atoms with van der Waals surface area (Å²) in [5.41, 5.74) is 10.6. The summed E-state index contributed by atoms with van der Waals surface area (Å²) in [6, 6.07) is -0.800. The summed E-state index contributed by atoms with van der Waals surface area (Å²) in [5.74, 6) is 1.48. The molecule has 2 saturated carbocycles. The smallest absolute Gasteiger partial charge is 0.237 e. The first-order valence-electron chi connectivity index (χ1n) is 6.38. The van der Waals surface area contributed by atoms with E-state index in [-0.39, 0.29) is 24.7 Å². The molecule has 0 aromatic heterocycles. The summed E-state index contributed by atoms with van der Waals surface area (Å²) < 4.78 is 0. The second-order valence-corrected chi connectivity index (χ2v) is 5.46. The third kappa shape index (κ3) is 3.59. The summed E-state index contributed by atoms with van der Waals surface area (Å²) in [7, 11) is 0. The Labute approximate surface area is 113 Å². The Balaban J connectivity index is 0.00000162. The van der Waals surface area contributed by atoms with E-state index in [1.165, 1.54) is 25.7 Å². The molecule has 2 rings (SSSR count). The van der Waals surface area contributed by atoms with Gasteiger partial charge in [0.2, 0.25) is 11.8 Å². The lowest BCUT2D eigenvalue weighted by atomic mass is 9.89. The molecular weight excluding hydrogens is 254 g/mol. The van der Waals surface area contributed by atoms with Gasteiger partial charge >= 0.3 is 0 Å². The minimum atomic E-state index is -0.800. The standard InChI is InChI=1S/C12H21N3O2.ClH/c13-10(5-11(14)16)12(17)15-6-9-4-7-1-2-8(9)3-7;/h7-10H,1-6,13H2,(H2,14,16)(H,15,17);1H. The molecule has 2 aliphatic rings. The van der Waals surface area contributed by atoms with Crippen LogP contribution in [-0.2, 0) is 9.59 Å². The minimum absolute atomic E-state index is 0. The van der Waals surface area contributed by atoms with Crippen molar-refractivity contribution in [2.75, 3.05) is 6.54 Å². The SMILES string of the molecule is Cl.NC(=O)CC(N)C(=O)NCC1CC2CCC1C2. The number of carbonyl (C=O) groups excluding carboxylic acids is 2. The second-order valence-electron chi connectivity index (χ2n) is 5.46. The van der Waals surface area contributed by atoms with E-state index < -0.39 is 11.9 Å². The maximum absolute atomic E-state index is 11.6. The van der Waals surface area contributed by atoms with Crippen LogP contribution in [0.1, 0.15) is 32.1 Å². The molecule has 0 aromatic carbocycles. The molecule has 2 amide bonds. The number of hydrogen-bond acceptors (Lipinski definition) is 3. The van der Waals surface area contributed by atoms with Gasteiger partial charge in [0, 0.05) is 6.54 Å². The highest BCUT2D eigenvalue weighted by Crippen LogP contribution is 2.47. The molecular formula is C12H22ClN3O2. The molecule has 0 aliphatic heterocycles. The molecule has 5 N–H and O–H groups in total. The van der Waals surface area contributed by atoms with Crippen molar-refractivity contribution in [2.45, 2.75) is 38.1 Å². The van der Waals surface area contributed by atoms with Crippen molar-refractivity contribution in [1.29, 1.82) is 0 Å². The van der Waals surface area contributed by atoms with Crippen LogP contribution in [0.15, 0.2) is 0 Å². The van der Waals surface area contributed by atoms with Gasteiger partial charge in [-0.2, -0.15) is 0 Å². The molecule has 0 spiro atoms. The van der Waals surface area contributed by atoms with Crippen molar-refractivity contribution in [2.24, 2.45) is 29.2 Å². The number of carbonyl (C=O) groups is 2. The maximum Gasteiger partial charge on any atom is 0.237 e. The van der Waals surface area contributed by atoms with Crippen LogP contribution in [0.5, 0.6) is 0 Å². The van der Waals surface area contributed by atoms with Gasteiger partial charge < -0.3 is 16.8 Å². The van der Waals surface area contributed by atoms with Gasteiger partial charge in [-0.25, -0.2) is 0 Å². The largest absolute Gasteiger partial charge is 0.370 e. The summed E-state index contributed by atoms with van der Waals surface area (Å²) in [5, 5.41) is 2.84. The van der Waals surface area contributed by atoms with Crippen molar-refractivity contribution in [3.8, 4) is 0 Å². The van der Waals surface area contributed by atoms with E-state index in [9.17, 15) is 9.59 Å². The zero-order chi connectivity index (χ0) is 12.4. The lowest BCUT2D eigenvalue weighted by molar-refractivity contribution is -0.126. The predicted octanol–water partition coefficient (Wildman–Crippen LogP) is 0.163. The molecule has 2 fully saturated rings. The van der Waals surface area contributed by atoms with Gasteiger partial charge in [-0.15, -0.1) is 12.4 Å². The Morgan fingerprint density at radius 2 is 2.00 bits per heavy atom. The Morgan fingerprint density at radius 1 is 1.28 bits per heavy atom. The highest BCUT2D eigenvalue weighted by Gasteiger charge is 2.39. The van der Waals surface area contributed by atoms with Crippen molar-refractivity contribution in [3.05, 3.63) is 0 Å². The number of nitrogens with one attached hydrogen (secondary N) is 1. The number of nitrogens with two attached hydrogens (primary N) is 2. The van der Waals surface area contributed by atoms with Gasteiger partial charge in [0.15, 0.2) is 0 Å². The third-order valence-electron chi connectivity index (χ3n) is 4.18. The number of hydrogen-bond donors (Lipinski definition) is 3. The lowest BCUT2D eigenvalue weighted by Crippen LogP contribution is -2.44. The van der Waals surface area contributed by atoms with Gasteiger partial charge in [-0.1, -0.05) is 6.42 Å². The van der Waals surface area contributed by atoms with Gasteiger partial charge in [0.05, 0.1) is 12.5 Å². The van der Waals surface area contributed by atoms with Crippen LogP contribution in [0.2, 0.25) is 0 Å². The van der Waals surface area contributed by atoms with Gasteiger partial charge in [-0.05, 0) is 37.0 Å². The first-order valence-corrected chi connectivity index (χ1v) is 6.38. The number of fused-ring (bicyclic) bond motifs is 2. The molecule has 0 saturated heterocycles. The molecule has 2 aliphatic carbocycles. The van der Waals surface area contributed by atoms with Crippen LogP contribution in [0.3, 0.4) is 0 Å². The molecule has 5 nitrogen and oxygen atoms in total. The molecule has 6 heteroatoms. The zero-order valence-corrected chi connectivity index (χ0v) is 11.2. The number of halogens is 1. The normalized spacial score (nSPS) is 30.6. The quantitative estimate of drug-likeness (QED) is 0.667. The number of primary amides is 1. The van der Waals surface area contributed by atoms with Crippen LogP contribution in [0.25, 0.3) is 0 Å². The van der Waals surface area contributed by atoms with Crippen LogP contribution in [0.4, 0.5) is 0 Å². The minimum Gasteiger partial charge on any atom is -0.370 e. The Hall–Kier alpha value is -0.810. The topological polar surface area (TPSA) is 98.2 Å². The van der Waals surface area contributed by atoms with Crippen molar-refractivity contribution < 1.29 is 9.59 Å². The van der Waals surface area contributed by atoms with E-state index in [4.69, 9.17) is 11.5 Å². The third-order valence-corrected chi connectivity index (χ3v) is 4.18. The van der Waals surface area contributed by atoms with Crippen molar-refractivity contribution in [1.82, 2.24) is 5.32 Å². The Bertz CT molecular complexity index is 324. The van der Waals surface area contributed by atoms with Crippen LogP contribution in [-0.4, -0.2) is 24.4 Å². The summed E-state index contributed by atoms with van der Waals surface area (Å²) in [6.45, 7) is 0.701. The fraction of sp³-hybridized carbons (Fsp3) is 0.833. The second kappa shape index (κ2) is 6.38. The molecule has 4 unspecified atom stereocenters. The molecule has 104 valence electrons. The Kier molecular flexibility index (Phi) is 5.41. The van der Waals surface area contributed by atoms with Crippen molar-refractivity contribution >= 4 is 24.2 Å². The van der Waals surface area contributed by atoms with E-state index in [0.29, 0.717) is 12.5 Å². The van der Waals surface area contributed by atoms with E-state index in [0.717, 1.165) is 11.8 Å². The molecule has 0 radical (unpaired) electrons. The molecule has 0 heterocycles. The lowest BCUT2D eigenvalue weighted by Gasteiger charge is -2.22. The van der Waals surface area contributed by atoms with Crippen molar-refractivity contribution in [3.63, 3.8) is 0 Å². The van der Waals surface area contributed by atoms with Crippen LogP contribution < -0.4 is 16.8 Å². The van der Waals surface area contributed by atoms with Gasteiger partial charge in [0.1, 0.15) is 0 Å². The summed E-state index contributed by atoms with van der Waals surface area (Å²) >= 11 is 0. The molecule has 0 aromatic rings. The predicted molar refractivity (Wildman–Crippen MR) is 71.0 cm³/mol.